The van der Waals surface area contributed by atoms with Crippen molar-refractivity contribution in [2.24, 2.45) is 0 Å². The van der Waals surface area contributed by atoms with E-state index >= 15 is 0 Å². The number of rotatable bonds is 2. The fourth-order valence-corrected chi connectivity index (χ4v) is 4.72. The van der Waals surface area contributed by atoms with Crippen LogP contribution in [0.5, 0.6) is 0 Å². The number of nitriles is 1. The highest BCUT2D eigenvalue weighted by atomic mass is 16.6. The zero-order valence-electron chi connectivity index (χ0n) is 15.7. The first kappa shape index (κ1) is 18.0. The molecule has 30 heavy (non-hydrogen) atoms. The summed E-state index contributed by atoms with van der Waals surface area (Å²) in [5.74, 6) is 1.84. The molecule has 3 aliphatic rings. The van der Waals surface area contributed by atoms with E-state index < -0.39 is 30.1 Å². The summed E-state index contributed by atoms with van der Waals surface area (Å²) in [6, 6.07) is 6.71. The fourth-order valence-electron chi connectivity index (χ4n) is 4.72. The molecule has 3 saturated heterocycles. The third-order valence-corrected chi connectivity index (χ3v) is 5.89. The molecule has 1 aromatic carbocycles. The molecule has 0 saturated carbocycles. The first-order chi connectivity index (χ1) is 14.6. The summed E-state index contributed by atoms with van der Waals surface area (Å²) in [5, 5.41) is 9.88. The minimum Gasteiger partial charge on any atom is -0.436 e. The number of carbonyl (C=O) groups is 3. The zero-order chi connectivity index (χ0) is 21.0. The number of pyridine rings is 1. The number of aromatic nitrogens is 1. The van der Waals surface area contributed by atoms with Crippen LogP contribution in [0, 0.1) is 23.7 Å². The quantitative estimate of drug-likeness (QED) is 0.557. The van der Waals surface area contributed by atoms with Crippen LogP contribution in [0.3, 0.4) is 0 Å². The largest absolute Gasteiger partial charge is 0.436 e. The Labute approximate surface area is 171 Å². The van der Waals surface area contributed by atoms with Crippen molar-refractivity contribution in [3.63, 3.8) is 0 Å². The van der Waals surface area contributed by atoms with Crippen molar-refractivity contribution >= 4 is 34.6 Å². The third-order valence-electron chi connectivity index (χ3n) is 5.89. The van der Waals surface area contributed by atoms with Gasteiger partial charge in [-0.1, -0.05) is 5.92 Å². The number of hydrogen-bond donors (Lipinski definition) is 0. The highest BCUT2D eigenvalue weighted by Crippen LogP contribution is 2.43. The van der Waals surface area contributed by atoms with Crippen molar-refractivity contribution in [1.82, 2.24) is 14.8 Å². The van der Waals surface area contributed by atoms with E-state index in [1.165, 1.54) is 4.90 Å². The normalized spacial score (nSPS) is 24.2. The number of ether oxygens (including phenoxy) is 1. The molecule has 0 aliphatic carbocycles. The Kier molecular flexibility index (Phi) is 3.87. The van der Waals surface area contributed by atoms with Crippen LogP contribution in [-0.4, -0.2) is 64.1 Å². The number of likely N-dealkylation sites (tertiary alicyclic amines) is 1. The molecule has 3 atom stereocenters. The molecule has 2 bridgehead atoms. The van der Waals surface area contributed by atoms with Crippen LogP contribution >= 0.6 is 0 Å². The van der Waals surface area contributed by atoms with Gasteiger partial charge >= 0.3 is 12.1 Å². The van der Waals surface area contributed by atoms with Crippen LogP contribution in [0.15, 0.2) is 30.5 Å². The second kappa shape index (κ2) is 6.46. The molecule has 3 fully saturated rings. The maximum Gasteiger partial charge on any atom is 0.411 e. The molecule has 9 nitrogen and oxygen atoms in total. The lowest BCUT2D eigenvalue weighted by molar-refractivity contribution is -0.121. The Morgan fingerprint density at radius 3 is 2.93 bits per heavy atom. The lowest BCUT2D eigenvalue weighted by atomic mass is 10.1. The average Bonchev–Trinajstić information content (AvgIpc) is 3.43. The summed E-state index contributed by atoms with van der Waals surface area (Å²) in [7, 11) is 0. The van der Waals surface area contributed by atoms with Gasteiger partial charge in [0.2, 0.25) is 0 Å². The van der Waals surface area contributed by atoms with E-state index in [4.69, 9.17) is 11.2 Å². The van der Waals surface area contributed by atoms with Gasteiger partial charge in [-0.15, -0.1) is 6.42 Å². The number of piperazine rings is 1. The van der Waals surface area contributed by atoms with E-state index in [1.807, 2.05) is 0 Å². The molecular formula is C21H15N5O4. The van der Waals surface area contributed by atoms with Gasteiger partial charge < -0.3 is 14.5 Å². The molecule has 5 rings (SSSR count). The van der Waals surface area contributed by atoms with Gasteiger partial charge in [-0.25, -0.2) is 14.5 Å². The maximum absolute atomic E-state index is 13.3. The predicted molar refractivity (Wildman–Crippen MR) is 104 cm³/mol. The minimum atomic E-state index is -0.767. The number of carbonyl (C=O) groups excluding carboxylic acids is 3. The molecule has 9 heteroatoms. The van der Waals surface area contributed by atoms with Crippen molar-refractivity contribution < 1.29 is 19.1 Å². The first-order valence-electron chi connectivity index (χ1n) is 9.37. The van der Waals surface area contributed by atoms with Crippen LogP contribution in [0.4, 0.5) is 15.3 Å². The number of terminal acetylenes is 1. The third kappa shape index (κ3) is 2.29. The van der Waals surface area contributed by atoms with E-state index in [1.54, 1.807) is 35.4 Å². The lowest BCUT2D eigenvalue weighted by Crippen LogP contribution is -2.55. The first-order valence-corrected chi connectivity index (χ1v) is 9.37. The maximum atomic E-state index is 13.3. The van der Waals surface area contributed by atoms with Gasteiger partial charge in [-0.05, 0) is 30.7 Å². The topological polar surface area (TPSA) is 107 Å². The van der Waals surface area contributed by atoms with Crippen molar-refractivity contribution in [3.05, 3.63) is 36.0 Å². The second-order valence-electron chi connectivity index (χ2n) is 7.32. The molecule has 1 aromatic heterocycles. The lowest BCUT2D eigenvalue weighted by Gasteiger charge is -2.33. The van der Waals surface area contributed by atoms with Crippen LogP contribution in [0.25, 0.3) is 10.9 Å². The van der Waals surface area contributed by atoms with Crippen LogP contribution < -0.4 is 4.90 Å². The Morgan fingerprint density at radius 1 is 1.33 bits per heavy atom. The van der Waals surface area contributed by atoms with Gasteiger partial charge in [0.15, 0.2) is 6.61 Å². The van der Waals surface area contributed by atoms with E-state index in [9.17, 15) is 19.6 Å². The van der Waals surface area contributed by atoms with Gasteiger partial charge in [-0.2, -0.15) is 5.26 Å². The average molecular weight is 401 g/mol. The van der Waals surface area contributed by atoms with Crippen molar-refractivity contribution in [2.45, 2.75) is 24.5 Å². The van der Waals surface area contributed by atoms with Crippen molar-refractivity contribution in [1.29, 1.82) is 5.26 Å². The van der Waals surface area contributed by atoms with Gasteiger partial charge in [0.1, 0.15) is 12.1 Å². The summed E-state index contributed by atoms with van der Waals surface area (Å²) in [4.78, 5) is 47.3. The van der Waals surface area contributed by atoms with Gasteiger partial charge in [-0.3, -0.25) is 9.78 Å². The number of anilines is 1. The second-order valence-corrected chi connectivity index (χ2v) is 7.32. The summed E-state index contributed by atoms with van der Waals surface area (Å²) in [6.07, 6.45) is 6.64. The Bertz CT molecular complexity index is 1200. The van der Waals surface area contributed by atoms with Crippen LogP contribution in [0.2, 0.25) is 0 Å². The van der Waals surface area contributed by atoms with E-state index in [2.05, 4.69) is 17.0 Å². The van der Waals surface area contributed by atoms with Gasteiger partial charge in [0.05, 0.1) is 28.9 Å². The highest BCUT2D eigenvalue weighted by molar-refractivity contribution is 6.25. The highest BCUT2D eigenvalue weighted by Gasteiger charge is 2.63. The molecule has 0 spiro atoms. The summed E-state index contributed by atoms with van der Waals surface area (Å²) in [6.45, 7) is 0.150. The fraction of sp³-hybridized carbons (Fsp3) is 0.286. The van der Waals surface area contributed by atoms with Crippen LogP contribution in [-0.2, 0) is 9.53 Å². The molecule has 2 aromatic rings. The minimum absolute atomic E-state index is 0.148. The molecule has 0 radical (unpaired) electrons. The molecular weight excluding hydrogens is 386 g/mol. The molecule has 4 heterocycles. The smallest absolute Gasteiger partial charge is 0.411 e. The zero-order valence-corrected chi connectivity index (χ0v) is 15.7. The number of imide groups is 1. The molecule has 1 unspecified atom stereocenters. The molecule has 4 amide bonds. The van der Waals surface area contributed by atoms with Gasteiger partial charge in [0, 0.05) is 18.1 Å². The van der Waals surface area contributed by atoms with Crippen molar-refractivity contribution in [2.75, 3.05) is 18.1 Å². The molecule has 148 valence electrons. The number of benzene rings is 1. The monoisotopic (exact) mass is 401 g/mol. The summed E-state index contributed by atoms with van der Waals surface area (Å²) >= 11 is 0. The number of nitrogens with zero attached hydrogens (tertiary/aromatic N) is 5. The van der Waals surface area contributed by atoms with Crippen LogP contribution in [0.1, 0.15) is 12.0 Å². The summed E-state index contributed by atoms with van der Waals surface area (Å²) in [5.41, 5.74) is 1.16. The van der Waals surface area contributed by atoms with Crippen molar-refractivity contribution in [3.8, 4) is 18.4 Å². The Balaban J connectivity index is 1.52. The predicted octanol–water partition coefficient (Wildman–Crippen LogP) is 1.47. The summed E-state index contributed by atoms with van der Waals surface area (Å²) < 4.78 is 5.02. The SMILES string of the molecule is C#CCOC(=O)N1C[C@H]2CC1[C@H]1C(=O)N(c3ccc(C#N)c4ncccc34)C(=O)N21. The Morgan fingerprint density at radius 2 is 2.17 bits per heavy atom. The Hall–Kier alpha value is -4.11. The number of amides is 4. The van der Waals surface area contributed by atoms with E-state index in [-0.39, 0.29) is 12.6 Å². The standard InChI is InChI=1S/C21H15N5O4/c1-2-8-30-21(29)24-11-13-9-16(24)18-19(27)26(20(28)25(13)18)15-6-5-12(10-22)17-14(15)4-3-7-23-17/h1,3-7,13,16,18H,8-9,11H2/t13-,16?,18+/m1/s1. The molecule has 3 aliphatic heterocycles. The van der Waals surface area contributed by atoms with E-state index in [0.717, 1.165) is 4.90 Å². The van der Waals surface area contributed by atoms with E-state index in [0.29, 0.717) is 35.1 Å². The number of hydrogen-bond acceptors (Lipinski definition) is 6. The number of fused-ring (bicyclic) bond motifs is 6. The van der Waals surface area contributed by atoms with Gasteiger partial charge in [0.25, 0.3) is 5.91 Å². The molecule has 0 N–H and O–H groups in total. The number of urea groups is 1.